The number of aromatic nitrogens is 1. The van der Waals surface area contributed by atoms with Crippen molar-refractivity contribution in [2.24, 2.45) is 5.41 Å². The van der Waals surface area contributed by atoms with Crippen LogP contribution in [0.3, 0.4) is 0 Å². The van der Waals surface area contributed by atoms with Gasteiger partial charge in [-0.05, 0) is 59.9 Å². The number of aromatic amines is 1. The van der Waals surface area contributed by atoms with E-state index in [9.17, 15) is 4.79 Å². The number of hydrogen-bond donors (Lipinski definition) is 2. The maximum atomic E-state index is 15.4. The van der Waals surface area contributed by atoms with Crippen LogP contribution in [-0.4, -0.2) is 23.8 Å². The number of hydrogen-bond acceptors (Lipinski definition) is 4. The predicted molar refractivity (Wildman–Crippen MR) is 180 cm³/mol. The van der Waals surface area contributed by atoms with Crippen LogP contribution in [0.4, 0.5) is 11.4 Å². The van der Waals surface area contributed by atoms with Crippen LogP contribution in [0.15, 0.2) is 115 Å². The molecule has 0 radical (unpaired) electrons. The van der Waals surface area contributed by atoms with Crippen LogP contribution in [0, 0.1) is 5.41 Å². The fraction of sp³-hybridized carbons (Fsp3) is 0.211. The topological polar surface area (TPSA) is 74.4 Å². The smallest absolute Gasteiger partial charge is 0.247 e. The molecule has 0 unspecified atom stereocenters. The molecule has 4 aromatic carbocycles. The molecule has 2 aliphatic rings. The summed E-state index contributed by atoms with van der Waals surface area (Å²) in [6.07, 6.45) is 2.79. The number of nitrogens with one attached hydrogen (secondary N) is 2. The largest absolute Gasteiger partial charge is 0.497 e. The molecule has 1 amide bonds. The highest BCUT2D eigenvalue weighted by Gasteiger charge is 2.59. The number of ketones is 1. The van der Waals surface area contributed by atoms with Crippen molar-refractivity contribution in [2.45, 2.75) is 38.6 Å². The Labute approximate surface area is 267 Å². The molecule has 45 heavy (non-hydrogen) atoms. The van der Waals surface area contributed by atoms with Crippen LogP contribution in [0.5, 0.6) is 5.75 Å². The second-order valence-electron chi connectivity index (χ2n) is 12.7. The molecule has 0 spiro atoms. The normalized spacial score (nSPS) is 19.2. The molecular formula is C38H34ClN3O3. The van der Waals surface area contributed by atoms with Gasteiger partial charge in [0.05, 0.1) is 13.7 Å². The molecule has 5 aromatic rings. The monoisotopic (exact) mass is 615 g/mol. The Morgan fingerprint density at radius 2 is 1.62 bits per heavy atom. The van der Waals surface area contributed by atoms with Crippen molar-refractivity contribution < 1.29 is 14.3 Å². The maximum Gasteiger partial charge on any atom is 0.247 e. The first-order valence-corrected chi connectivity index (χ1v) is 15.5. The number of Topliss-reactive ketones (excluding diaryl/α,β-unsaturated/α-hetero) is 1. The van der Waals surface area contributed by atoms with Gasteiger partial charge in [0.25, 0.3) is 0 Å². The molecule has 1 aliphatic carbocycles. The first-order valence-electron chi connectivity index (χ1n) is 15.1. The van der Waals surface area contributed by atoms with Crippen LogP contribution in [0.2, 0.25) is 5.02 Å². The summed E-state index contributed by atoms with van der Waals surface area (Å²) in [5, 5.41) is 5.04. The predicted octanol–water partition coefficient (Wildman–Crippen LogP) is 8.42. The average molecular weight is 616 g/mol. The zero-order valence-electron chi connectivity index (χ0n) is 25.5. The molecule has 0 saturated carbocycles. The number of carbonyl (C=O) groups excluding carboxylic acids is 2. The van der Waals surface area contributed by atoms with Crippen molar-refractivity contribution in [2.75, 3.05) is 17.3 Å². The van der Waals surface area contributed by atoms with Gasteiger partial charge in [-0.3, -0.25) is 9.59 Å². The van der Waals surface area contributed by atoms with E-state index in [1.165, 1.54) is 0 Å². The summed E-state index contributed by atoms with van der Waals surface area (Å²) in [4.78, 5) is 35.3. The number of H-pyrrole nitrogens is 1. The highest BCUT2D eigenvalue weighted by Crippen LogP contribution is 2.56. The Hall–Kier alpha value is -4.81. The highest BCUT2D eigenvalue weighted by atomic mass is 35.5. The summed E-state index contributed by atoms with van der Waals surface area (Å²) in [6.45, 7) is 4.58. The minimum absolute atomic E-state index is 0.0460. The van der Waals surface area contributed by atoms with Crippen LogP contribution < -0.4 is 15.0 Å². The number of methoxy groups -OCH3 is 1. The van der Waals surface area contributed by atoms with Gasteiger partial charge in [-0.15, -0.1) is 0 Å². The second kappa shape index (κ2) is 11.0. The minimum Gasteiger partial charge on any atom is -0.497 e. The molecule has 226 valence electrons. The number of allylic oxidation sites excluding steroid dienone is 1. The first-order chi connectivity index (χ1) is 21.7. The van der Waals surface area contributed by atoms with E-state index >= 15 is 4.79 Å². The summed E-state index contributed by atoms with van der Waals surface area (Å²) in [6, 6.07) is 31.1. The Balaban J connectivity index is 1.53. The molecule has 1 atom stereocenters. The summed E-state index contributed by atoms with van der Waals surface area (Å²) >= 11 is 6.41. The standard InChI is InChI=1S/C38H34ClN3O3/c1-37(2)20-32(41-26-14-16-27(45-3)17-15-26)35(34(43)21-37)38(30-22-40-31-19-25(39)13-18-28(30)31)29-11-7-8-12-33(29)42(36(38)44)23-24-9-5-4-6-10-24/h4-19,22,40-41H,20-21,23H2,1-3H3/t38-/m1/s1. The summed E-state index contributed by atoms with van der Waals surface area (Å²) in [5.41, 5.74) is 4.46. The molecule has 2 heterocycles. The Morgan fingerprint density at radius 1 is 0.889 bits per heavy atom. The minimum atomic E-state index is -1.40. The molecule has 1 aromatic heterocycles. The number of amides is 1. The van der Waals surface area contributed by atoms with Gasteiger partial charge in [0, 0.05) is 62.3 Å². The number of rotatable bonds is 7. The van der Waals surface area contributed by atoms with E-state index in [0.29, 0.717) is 30.0 Å². The third-order valence-electron chi connectivity index (χ3n) is 9.03. The fourth-order valence-corrected chi connectivity index (χ4v) is 7.30. The number of halogens is 1. The number of fused-ring (bicyclic) bond motifs is 2. The lowest BCUT2D eigenvalue weighted by atomic mass is 9.62. The SMILES string of the molecule is COc1ccc(NC2=C([C@@]3(c4c[nH]c5cc(Cl)ccc45)C(=O)N(Cc4ccccc4)c4ccccc43)C(=O)CC(C)(C)C2)cc1. The fourth-order valence-electron chi connectivity index (χ4n) is 7.13. The molecule has 0 bridgehead atoms. The van der Waals surface area contributed by atoms with Gasteiger partial charge in [-0.25, -0.2) is 0 Å². The van der Waals surface area contributed by atoms with Gasteiger partial charge in [0.15, 0.2) is 5.78 Å². The molecule has 6 nitrogen and oxygen atoms in total. The Kier molecular flexibility index (Phi) is 7.05. The number of benzene rings is 4. The van der Waals surface area contributed by atoms with Crippen molar-refractivity contribution in [3.05, 3.63) is 136 Å². The summed E-state index contributed by atoms with van der Waals surface area (Å²) in [7, 11) is 1.63. The molecule has 0 saturated heterocycles. The number of ether oxygens (including phenoxy) is 1. The van der Waals surface area contributed by atoms with Crippen LogP contribution in [-0.2, 0) is 21.5 Å². The van der Waals surface area contributed by atoms with Crippen LogP contribution in [0.25, 0.3) is 10.9 Å². The third-order valence-corrected chi connectivity index (χ3v) is 9.27. The van der Waals surface area contributed by atoms with Gasteiger partial charge < -0.3 is 19.9 Å². The summed E-state index contributed by atoms with van der Waals surface area (Å²) in [5.74, 6) is 0.538. The zero-order valence-corrected chi connectivity index (χ0v) is 26.2. The quantitative estimate of drug-likeness (QED) is 0.193. The van der Waals surface area contributed by atoms with Crippen molar-refractivity contribution in [1.82, 2.24) is 4.98 Å². The third kappa shape index (κ3) is 4.81. The van der Waals surface area contributed by atoms with Gasteiger partial charge in [0.2, 0.25) is 5.91 Å². The van der Waals surface area contributed by atoms with E-state index in [1.54, 1.807) is 7.11 Å². The van der Waals surface area contributed by atoms with Crippen molar-refractivity contribution >= 4 is 45.6 Å². The van der Waals surface area contributed by atoms with E-state index in [4.69, 9.17) is 16.3 Å². The number of para-hydroxylation sites is 1. The van der Waals surface area contributed by atoms with Crippen LogP contribution in [0.1, 0.15) is 43.4 Å². The number of anilines is 2. The average Bonchev–Trinajstić information content (AvgIpc) is 3.54. The zero-order chi connectivity index (χ0) is 31.3. The Morgan fingerprint density at radius 3 is 2.38 bits per heavy atom. The van der Waals surface area contributed by atoms with Crippen molar-refractivity contribution in [3.63, 3.8) is 0 Å². The van der Waals surface area contributed by atoms with Gasteiger partial charge in [-0.2, -0.15) is 0 Å². The van der Waals surface area contributed by atoms with Gasteiger partial charge in [-0.1, -0.05) is 80.0 Å². The van der Waals surface area contributed by atoms with E-state index in [0.717, 1.165) is 50.4 Å². The molecule has 0 fully saturated rings. The van der Waals surface area contributed by atoms with Crippen molar-refractivity contribution in [3.8, 4) is 5.75 Å². The summed E-state index contributed by atoms with van der Waals surface area (Å²) < 4.78 is 5.38. The number of nitrogens with zero attached hydrogens (tertiary/aromatic N) is 1. The van der Waals surface area contributed by atoms with E-state index in [2.05, 4.69) is 24.1 Å². The van der Waals surface area contributed by atoms with Gasteiger partial charge in [0.1, 0.15) is 11.2 Å². The highest BCUT2D eigenvalue weighted by molar-refractivity contribution is 6.31. The van der Waals surface area contributed by atoms with Crippen LogP contribution >= 0.6 is 11.6 Å². The van der Waals surface area contributed by atoms with Crippen molar-refractivity contribution in [1.29, 1.82) is 0 Å². The lowest BCUT2D eigenvalue weighted by molar-refractivity contribution is -0.125. The molecule has 7 heteroatoms. The Bertz CT molecular complexity index is 1980. The molecular weight excluding hydrogens is 582 g/mol. The van der Waals surface area contributed by atoms with E-state index in [-0.39, 0.29) is 17.1 Å². The lowest BCUT2D eigenvalue weighted by Crippen LogP contribution is -2.47. The maximum absolute atomic E-state index is 15.4. The number of carbonyl (C=O) groups is 2. The lowest BCUT2D eigenvalue weighted by Gasteiger charge is -2.40. The van der Waals surface area contributed by atoms with E-state index in [1.807, 2.05) is 108 Å². The van der Waals surface area contributed by atoms with Gasteiger partial charge >= 0.3 is 0 Å². The first kappa shape index (κ1) is 28.9. The van der Waals surface area contributed by atoms with E-state index < -0.39 is 5.41 Å². The molecule has 2 N–H and O–H groups in total. The second-order valence-corrected chi connectivity index (χ2v) is 13.1. The molecule has 1 aliphatic heterocycles. The molecule has 7 rings (SSSR count).